The summed E-state index contributed by atoms with van der Waals surface area (Å²) >= 11 is 3.40. The first kappa shape index (κ1) is 13.8. The molecule has 1 N–H and O–H groups in total. The Morgan fingerprint density at radius 1 is 1.16 bits per heavy atom. The van der Waals surface area contributed by atoms with Gasteiger partial charge < -0.3 is 5.32 Å². The number of halogens is 1. The second-order valence-corrected chi connectivity index (χ2v) is 5.48. The van der Waals surface area contributed by atoms with Crippen molar-refractivity contribution < 1.29 is 4.79 Å². The number of amides is 1. The number of benzene rings is 2. The molecule has 0 fully saturated rings. The number of aryl methyl sites for hydroxylation is 1. The maximum Gasteiger partial charge on any atom is 0.252 e. The maximum atomic E-state index is 12.3. The first-order valence-electron chi connectivity index (χ1n) is 6.20. The summed E-state index contributed by atoms with van der Waals surface area (Å²) in [6, 6.07) is 15.7. The van der Waals surface area contributed by atoms with Gasteiger partial charge in [0.1, 0.15) is 0 Å². The molecule has 0 saturated carbocycles. The van der Waals surface area contributed by atoms with Crippen molar-refractivity contribution in [1.82, 2.24) is 5.32 Å². The van der Waals surface area contributed by atoms with Crippen molar-refractivity contribution in [3.63, 3.8) is 0 Å². The average Bonchev–Trinajstić information content (AvgIpc) is 2.42. The Labute approximate surface area is 122 Å². The van der Waals surface area contributed by atoms with E-state index in [9.17, 15) is 4.79 Å². The van der Waals surface area contributed by atoms with Gasteiger partial charge in [-0.05, 0) is 37.1 Å². The van der Waals surface area contributed by atoms with E-state index in [0.717, 1.165) is 15.6 Å². The predicted molar refractivity (Wildman–Crippen MR) is 81.2 cm³/mol. The third kappa shape index (κ3) is 3.44. The molecule has 0 heterocycles. The fourth-order valence-electron chi connectivity index (χ4n) is 1.94. The van der Waals surface area contributed by atoms with Crippen molar-refractivity contribution in [1.29, 1.82) is 0 Å². The van der Waals surface area contributed by atoms with E-state index in [1.165, 1.54) is 0 Å². The summed E-state index contributed by atoms with van der Waals surface area (Å²) in [6.07, 6.45) is 0. The van der Waals surface area contributed by atoms with Crippen LogP contribution >= 0.6 is 15.9 Å². The minimum absolute atomic E-state index is 0.00733. The summed E-state index contributed by atoms with van der Waals surface area (Å²) in [5.74, 6) is -0.0462. The van der Waals surface area contributed by atoms with Crippen LogP contribution in [-0.4, -0.2) is 5.91 Å². The van der Waals surface area contributed by atoms with Crippen LogP contribution in [0.1, 0.15) is 34.5 Å². The molecule has 0 saturated heterocycles. The zero-order valence-corrected chi connectivity index (χ0v) is 12.6. The third-order valence-corrected chi connectivity index (χ3v) is 3.58. The van der Waals surface area contributed by atoms with E-state index in [-0.39, 0.29) is 11.9 Å². The smallest absolute Gasteiger partial charge is 0.252 e. The van der Waals surface area contributed by atoms with Gasteiger partial charge in [-0.25, -0.2) is 0 Å². The van der Waals surface area contributed by atoms with E-state index in [1.807, 2.05) is 62.4 Å². The van der Waals surface area contributed by atoms with Crippen LogP contribution in [0.15, 0.2) is 53.0 Å². The Morgan fingerprint density at radius 2 is 1.84 bits per heavy atom. The van der Waals surface area contributed by atoms with E-state index in [2.05, 4.69) is 21.2 Å². The number of rotatable bonds is 3. The van der Waals surface area contributed by atoms with Crippen molar-refractivity contribution in [3.8, 4) is 0 Å². The van der Waals surface area contributed by atoms with E-state index >= 15 is 0 Å². The first-order chi connectivity index (χ1) is 9.08. The summed E-state index contributed by atoms with van der Waals surface area (Å²) in [7, 11) is 0. The van der Waals surface area contributed by atoms with Crippen LogP contribution in [0.25, 0.3) is 0 Å². The van der Waals surface area contributed by atoms with Crippen molar-refractivity contribution >= 4 is 21.8 Å². The second-order valence-electron chi connectivity index (χ2n) is 4.57. The van der Waals surface area contributed by atoms with Crippen LogP contribution < -0.4 is 5.32 Å². The highest BCUT2D eigenvalue weighted by atomic mass is 79.9. The largest absolute Gasteiger partial charge is 0.346 e. The molecule has 3 heteroatoms. The van der Waals surface area contributed by atoms with Gasteiger partial charge in [0, 0.05) is 10.0 Å². The summed E-state index contributed by atoms with van der Waals surface area (Å²) < 4.78 is 0.913. The van der Waals surface area contributed by atoms with Crippen LogP contribution in [0.5, 0.6) is 0 Å². The lowest BCUT2D eigenvalue weighted by atomic mass is 10.1. The fraction of sp³-hybridized carbons (Fsp3) is 0.188. The molecule has 0 spiro atoms. The maximum absolute atomic E-state index is 12.3. The molecule has 0 bridgehead atoms. The molecule has 0 aliphatic rings. The Bertz CT molecular complexity index is 581. The van der Waals surface area contributed by atoms with E-state index in [1.54, 1.807) is 0 Å². The van der Waals surface area contributed by atoms with Crippen LogP contribution in [0.3, 0.4) is 0 Å². The number of carbonyl (C=O) groups is 1. The Morgan fingerprint density at radius 3 is 2.53 bits per heavy atom. The lowest BCUT2D eigenvalue weighted by Gasteiger charge is -2.15. The molecule has 1 atom stereocenters. The van der Waals surface area contributed by atoms with Crippen LogP contribution in [0.4, 0.5) is 0 Å². The van der Waals surface area contributed by atoms with Crippen LogP contribution in [0.2, 0.25) is 0 Å². The minimum Gasteiger partial charge on any atom is -0.346 e. The molecular formula is C16H16BrNO. The highest BCUT2D eigenvalue weighted by Crippen LogP contribution is 2.18. The number of hydrogen-bond acceptors (Lipinski definition) is 1. The molecular weight excluding hydrogens is 302 g/mol. The van der Waals surface area contributed by atoms with E-state index in [0.29, 0.717) is 5.56 Å². The Balaban J connectivity index is 2.15. The van der Waals surface area contributed by atoms with Gasteiger partial charge in [-0.3, -0.25) is 4.79 Å². The summed E-state index contributed by atoms with van der Waals surface area (Å²) in [6.45, 7) is 3.93. The molecule has 1 amide bonds. The highest BCUT2D eigenvalue weighted by Gasteiger charge is 2.13. The molecule has 2 rings (SSSR count). The standard InChI is InChI=1S/C16H16BrNO/c1-11-8-9-14(17)10-15(11)16(19)18-12(2)13-6-4-3-5-7-13/h3-10,12H,1-2H3,(H,18,19)/t12-/m1/s1. The van der Waals surface area contributed by atoms with Gasteiger partial charge in [0.2, 0.25) is 0 Å². The molecule has 2 nitrogen and oxygen atoms in total. The van der Waals surface area contributed by atoms with Gasteiger partial charge in [0.25, 0.3) is 5.91 Å². The van der Waals surface area contributed by atoms with Gasteiger partial charge >= 0.3 is 0 Å². The molecule has 0 unspecified atom stereocenters. The van der Waals surface area contributed by atoms with Gasteiger partial charge in [0.15, 0.2) is 0 Å². The monoisotopic (exact) mass is 317 g/mol. The third-order valence-electron chi connectivity index (χ3n) is 3.09. The number of nitrogens with one attached hydrogen (secondary N) is 1. The summed E-state index contributed by atoms with van der Waals surface area (Å²) in [5, 5.41) is 3.02. The molecule has 0 aliphatic carbocycles. The average molecular weight is 318 g/mol. The van der Waals surface area contributed by atoms with Gasteiger partial charge in [-0.1, -0.05) is 52.3 Å². The van der Waals surface area contributed by atoms with Crippen LogP contribution in [-0.2, 0) is 0 Å². The van der Waals surface area contributed by atoms with Crippen molar-refractivity contribution in [2.75, 3.05) is 0 Å². The molecule has 98 valence electrons. The van der Waals surface area contributed by atoms with E-state index in [4.69, 9.17) is 0 Å². The van der Waals surface area contributed by atoms with E-state index < -0.39 is 0 Å². The normalized spacial score (nSPS) is 11.9. The van der Waals surface area contributed by atoms with Gasteiger partial charge in [-0.2, -0.15) is 0 Å². The molecule has 0 aliphatic heterocycles. The molecule has 0 radical (unpaired) electrons. The lowest BCUT2D eigenvalue weighted by Crippen LogP contribution is -2.27. The lowest BCUT2D eigenvalue weighted by molar-refractivity contribution is 0.0939. The predicted octanol–water partition coefficient (Wildman–Crippen LogP) is 4.25. The Hall–Kier alpha value is -1.61. The highest BCUT2D eigenvalue weighted by molar-refractivity contribution is 9.10. The quantitative estimate of drug-likeness (QED) is 0.901. The molecule has 0 aromatic heterocycles. The van der Waals surface area contributed by atoms with Crippen LogP contribution in [0, 0.1) is 6.92 Å². The van der Waals surface area contributed by atoms with Gasteiger partial charge in [0.05, 0.1) is 6.04 Å². The summed E-state index contributed by atoms with van der Waals surface area (Å²) in [4.78, 5) is 12.3. The topological polar surface area (TPSA) is 29.1 Å². The fourth-order valence-corrected chi connectivity index (χ4v) is 2.30. The van der Waals surface area contributed by atoms with Gasteiger partial charge in [-0.15, -0.1) is 0 Å². The number of hydrogen-bond donors (Lipinski definition) is 1. The first-order valence-corrected chi connectivity index (χ1v) is 6.99. The number of carbonyl (C=O) groups excluding carboxylic acids is 1. The van der Waals surface area contributed by atoms with Crippen molar-refractivity contribution in [2.24, 2.45) is 0 Å². The molecule has 19 heavy (non-hydrogen) atoms. The van der Waals surface area contributed by atoms with Crippen molar-refractivity contribution in [2.45, 2.75) is 19.9 Å². The minimum atomic E-state index is -0.0462. The Kier molecular flexibility index (Phi) is 4.38. The van der Waals surface area contributed by atoms with Crippen molar-refractivity contribution in [3.05, 3.63) is 69.7 Å². The second kappa shape index (κ2) is 6.02. The molecule has 2 aromatic rings. The zero-order valence-electron chi connectivity index (χ0n) is 11.0. The molecule has 2 aromatic carbocycles. The zero-order chi connectivity index (χ0) is 13.8. The summed E-state index contributed by atoms with van der Waals surface area (Å²) in [5.41, 5.74) is 2.78. The SMILES string of the molecule is Cc1ccc(Br)cc1C(=O)N[C@H](C)c1ccccc1.